The van der Waals surface area contributed by atoms with E-state index in [2.05, 4.69) is 10.2 Å². The van der Waals surface area contributed by atoms with Crippen LogP contribution in [0.25, 0.3) is 0 Å². The molecule has 0 radical (unpaired) electrons. The molecule has 0 aromatic rings. The minimum Gasteiger partial charge on any atom is -0.447 e. The molecule has 1 unspecified atom stereocenters. The molecule has 2 aliphatic rings. The zero-order valence-electron chi connectivity index (χ0n) is 8.82. The van der Waals surface area contributed by atoms with Crippen molar-refractivity contribution in [3.63, 3.8) is 0 Å². The number of carbonyl (C=O) groups is 1. The molecule has 1 saturated carbocycles. The first-order valence-electron chi connectivity index (χ1n) is 5.58. The molecule has 0 aromatic carbocycles. The normalized spacial score (nSPS) is 26.6. The highest BCUT2D eigenvalue weighted by Gasteiger charge is 2.34. The van der Waals surface area contributed by atoms with Gasteiger partial charge < -0.3 is 15.2 Å². The van der Waals surface area contributed by atoms with Crippen LogP contribution >= 0.6 is 0 Å². The highest BCUT2D eigenvalue weighted by atomic mass is 16.6. The lowest BCUT2D eigenvalue weighted by atomic mass is 10.3. The zero-order valence-corrected chi connectivity index (χ0v) is 8.82. The van der Waals surface area contributed by atoms with Crippen molar-refractivity contribution in [3.05, 3.63) is 0 Å². The van der Waals surface area contributed by atoms with Crippen molar-refractivity contribution < 1.29 is 14.6 Å². The van der Waals surface area contributed by atoms with Crippen LogP contribution in [0.15, 0.2) is 0 Å². The predicted octanol–water partition coefficient (Wildman–Crippen LogP) is -0.0584. The first-order valence-corrected chi connectivity index (χ1v) is 5.58. The van der Waals surface area contributed by atoms with Gasteiger partial charge in [-0.2, -0.15) is 0 Å². The predicted molar refractivity (Wildman–Crippen MR) is 54.6 cm³/mol. The monoisotopic (exact) mass is 214 g/mol. The summed E-state index contributed by atoms with van der Waals surface area (Å²) in [5.41, 5.74) is 0. The Labute approximate surface area is 89.4 Å². The van der Waals surface area contributed by atoms with E-state index in [-0.39, 0.29) is 19.3 Å². The number of ether oxygens (including phenoxy) is 1. The molecular formula is C10H18N2O3. The van der Waals surface area contributed by atoms with Crippen LogP contribution in [0.1, 0.15) is 19.3 Å². The minimum absolute atomic E-state index is 0.0743. The third-order valence-electron chi connectivity index (χ3n) is 2.93. The van der Waals surface area contributed by atoms with E-state index >= 15 is 0 Å². The van der Waals surface area contributed by atoms with Crippen molar-refractivity contribution in [1.29, 1.82) is 0 Å². The number of alkyl carbamates (subject to hydrolysis) is 1. The van der Waals surface area contributed by atoms with Crippen molar-refractivity contribution in [3.8, 4) is 0 Å². The van der Waals surface area contributed by atoms with E-state index in [9.17, 15) is 4.79 Å². The number of nitrogens with one attached hydrogen (secondary N) is 1. The largest absolute Gasteiger partial charge is 0.447 e. The Morgan fingerprint density at radius 2 is 2.27 bits per heavy atom. The van der Waals surface area contributed by atoms with Gasteiger partial charge in [0.25, 0.3) is 0 Å². The molecule has 15 heavy (non-hydrogen) atoms. The fraction of sp³-hybridized carbons (Fsp3) is 0.900. The molecule has 2 rings (SSSR count). The van der Waals surface area contributed by atoms with Gasteiger partial charge in [0, 0.05) is 25.2 Å². The number of carbonyl (C=O) groups excluding carboxylic acids is 1. The molecule has 0 aromatic heterocycles. The second-order valence-corrected chi connectivity index (χ2v) is 4.22. The molecule has 1 aliphatic carbocycles. The summed E-state index contributed by atoms with van der Waals surface area (Å²) in [5.74, 6) is 0. The molecule has 1 amide bonds. The van der Waals surface area contributed by atoms with Crippen LogP contribution in [0.3, 0.4) is 0 Å². The third kappa shape index (κ3) is 3.07. The lowest BCUT2D eigenvalue weighted by Gasteiger charge is -2.15. The van der Waals surface area contributed by atoms with Crippen molar-refractivity contribution in [1.82, 2.24) is 10.2 Å². The van der Waals surface area contributed by atoms with E-state index in [4.69, 9.17) is 9.84 Å². The number of amides is 1. The molecule has 1 aliphatic heterocycles. The molecule has 0 bridgehead atoms. The summed E-state index contributed by atoms with van der Waals surface area (Å²) in [5, 5.41) is 11.3. The molecule has 86 valence electrons. The van der Waals surface area contributed by atoms with Gasteiger partial charge in [-0.25, -0.2) is 4.79 Å². The van der Waals surface area contributed by atoms with Crippen molar-refractivity contribution in [2.24, 2.45) is 0 Å². The Balaban J connectivity index is 1.65. The Morgan fingerprint density at radius 3 is 2.93 bits per heavy atom. The topological polar surface area (TPSA) is 61.8 Å². The van der Waals surface area contributed by atoms with E-state index in [1.165, 1.54) is 12.8 Å². The van der Waals surface area contributed by atoms with Gasteiger partial charge in [-0.15, -0.1) is 0 Å². The Hall–Kier alpha value is -0.810. The maximum Gasteiger partial charge on any atom is 0.407 e. The van der Waals surface area contributed by atoms with Gasteiger partial charge >= 0.3 is 6.09 Å². The lowest BCUT2D eigenvalue weighted by Crippen LogP contribution is -2.38. The van der Waals surface area contributed by atoms with E-state index in [0.717, 1.165) is 25.6 Å². The summed E-state index contributed by atoms with van der Waals surface area (Å²) < 4.78 is 4.75. The number of likely N-dealkylation sites (tertiary alicyclic amines) is 1. The van der Waals surface area contributed by atoms with Crippen LogP contribution in [0.4, 0.5) is 4.79 Å². The van der Waals surface area contributed by atoms with Gasteiger partial charge in [0.1, 0.15) is 6.61 Å². The van der Waals surface area contributed by atoms with Gasteiger partial charge in [-0.1, -0.05) is 0 Å². The smallest absolute Gasteiger partial charge is 0.407 e. The number of nitrogens with zero attached hydrogens (tertiary/aromatic N) is 1. The summed E-state index contributed by atoms with van der Waals surface area (Å²) >= 11 is 0. The molecule has 1 atom stereocenters. The minimum atomic E-state index is -0.410. The molecule has 2 fully saturated rings. The average Bonchev–Trinajstić information content (AvgIpc) is 2.98. The van der Waals surface area contributed by atoms with Crippen LogP contribution in [0.5, 0.6) is 0 Å². The molecule has 5 nitrogen and oxygen atoms in total. The Morgan fingerprint density at radius 1 is 1.47 bits per heavy atom. The third-order valence-corrected chi connectivity index (χ3v) is 2.93. The molecule has 5 heteroatoms. The highest BCUT2D eigenvalue weighted by molar-refractivity contribution is 5.67. The summed E-state index contributed by atoms with van der Waals surface area (Å²) in [7, 11) is 0. The van der Waals surface area contributed by atoms with Crippen LogP contribution in [-0.2, 0) is 4.74 Å². The fourth-order valence-corrected chi connectivity index (χ4v) is 2.02. The second-order valence-electron chi connectivity index (χ2n) is 4.22. The van der Waals surface area contributed by atoms with Crippen molar-refractivity contribution >= 4 is 6.09 Å². The number of aliphatic hydroxyl groups is 1. The summed E-state index contributed by atoms with van der Waals surface area (Å²) in [6.45, 7) is 1.98. The quantitative estimate of drug-likeness (QED) is 0.688. The van der Waals surface area contributed by atoms with Gasteiger partial charge in [-0.05, 0) is 19.3 Å². The maximum atomic E-state index is 11.2. The molecular weight excluding hydrogens is 196 g/mol. The average molecular weight is 214 g/mol. The van der Waals surface area contributed by atoms with E-state index in [1.54, 1.807) is 0 Å². The first-order chi connectivity index (χ1) is 7.29. The Bertz CT molecular complexity index is 231. The van der Waals surface area contributed by atoms with E-state index < -0.39 is 6.09 Å². The molecule has 2 N–H and O–H groups in total. The van der Waals surface area contributed by atoms with Gasteiger partial charge in [0.2, 0.25) is 0 Å². The van der Waals surface area contributed by atoms with E-state index in [0.29, 0.717) is 0 Å². The van der Waals surface area contributed by atoms with Crippen LogP contribution in [0.2, 0.25) is 0 Å². The summed E-state index contributed by atoms with van der Waals surface area (Å²) in [6.07, 6.45) is 3.21. The molecule has 1 heterocycles. The van der Waals surface area contributed by atoms with Gasteiger partial charge in [0.05, 0.1) is 6.61 Å². The second kappa shape index (κ2) is 4.81. The van der Waals surface area contributed by atoms with Crippen LogP contribution in [-0.4, -0.2) is 54.5 Å². The summed E-state index contributed by atoms with van der Waals surface area (Å²) in [4.78, 5) is 13.6. The number of aliphatic hydroxyl groups excluding tert-OH is 1. The van der Waals surface area contributed by atoms with Gasteiger partial charge in [-0.3, -0.25) is 4.90 Å². The fourth-order valence-electron chi connectivity index (χ4n) is 2.02. The van der Waals surface area contributed by atoms with Crippen molar-refractivity contribution in [2.75, 3.05) is 26.3 Å². The van der Waals surface area contributed by atoms with Crippen LogP contribution in [0, 0.1) is 0 Å². The van der Waals surface area contributed by atoms with Crippen LogP contribution < -0.4 is 5.32 Å². The standard InChI is InChI=1S/C10H18N2O3/c13-5-6-15-10(14)11-8-3-4-12(7-8)9-1-2-9/h8-9,13H,1-7H2,(H,11,14). The lowest BCUT2D eigenvalue weighted by molar-refractivity contribution is 0.116. The van der Waals surface area contributed by atoms with Gasteiger partial charge in [0.15, 0.2) is 0 Å². The molecule has 0 spiro atoms. The Kier molecular flexibility index (Phi) is 3.43. The maximum absolute atomic E-state index is 11.2. The number of rotatable bonds is 4. The number of hydrogen-bond donors (Lipinski definition) is 2. The molecule has 1 saturated heterocycles. The number of hydrogen-bond acceptors (Lipinski definition) is 4. The summed E-state index contributed by atoms with van der Waals surface area (Å²) in [6, 6.07) is 0.988. The highest BCUT2D eigenvalue weighted by Crippen LogP contribution is 2.29. The first kappa shape index (κ1) is 10.7. The van der Waals surface area contributed by atoms with Crippen molar-refractivity contribution in [2.45, 2.75) is 31.3 Å². The van der Waals surface area contributed by atoms with E-state index in [1.807, 2.05) is 0 Å². The SMILES string of the molecule is O=C(NC1CCN(C2CC2)C1)OCCO. The zero-order chi connectivity index (χ0) is 10.7.